The van der Waals surface area contributed by atoms with E-state index < -0.39 is 0 Å². The lowest BCUT2D eigenvalue weighted by molar-refractivity contribution is 0.257. The highest BCUT2D eigenvalue weighted by Crippen LogP contribution is 2.27. The molecule has 0 bridgehead atoms. The third kappa shape index (κ3) is 2.86. The monoisotopic (exact) mass is 239 g/mol. The first kappa shape index (κ1) is 11.7. The van der Waals surface area contributed by atoms with E-state index in [4.69, 9.17) is 11.6 Å². The smallest absolute Gasteiger partial charge is 0.0820 e. The van der Waals surface area contributed by atoms with E-state index in [1.54, 1.807) is 12.4 Å². The molecule has 1 aliphatic rings. The van der Waals surface area contributed by atoms with Crippen molar-refractivity contribution in [3.05, 3.63) is 23.5 Å². The Bertz CT molecular complexity index is 352. The number of hydrogen-bond donors (Lipinski definition) is 1. The van der Waals surface area contributed by atoms with E-state index in [9.17, 15) is 0 Å². The van der Waals surface area contributed by atoms with Crippen molar-refractivity contribution in [2.45, 2.75) is 31.8 Å². The Balaban J connectivity index is 1.84. The van der Waals surface area contributed by atoms with Crippen molar-refractivity contribution in [1.82, 2.24) is 9.88 Å². The average Bonchev–Trinajstić information content (AvgIpc) is 3.10. The normalized spacial score (nSPS) is 17.5. The zero-order valence-corrected chi connectivity index (χ0v) is 10.5. The maximum Gasteiger partial charge on any atom is 0.0820 e. The van der Waals surface area contributed by atoms with Gasteiger partial charge in [-0.05, 0) is 32.9 Å². The number of pyridine rings is 1. The van der Waals surface area contributed by atoms with Crippen LogP contribution < -0.4 is 5.32 Å². The van der Waals surface area contributed by atoms with Gasteiger partial charge in [0.1, 0.15) is 0 Å². The second kappa shape index (κ2) is 5.02. The predicted octanol–water partition coefficient (Wildman–Crippen LogP) is 2.63. The van der Waals surface area contributed by atoms with Gasteiger partial charge in [-0.25, -0.2) is 0 Å². The van der Waals surface area contributed by atoms with E-state index in [1.165, 1.54) is 12.8 Å². The predicted molar refractivity (Wildman–Crippen MR) is 68.0 cm³/mol. The summed E-state index contributed by atoms with van der Waals surface area (Å²) < 4.78 is 0. The van der Waals surface area contributed by atoms with Gasteiger partial charge >= 0.3 is 0 Å². The van der Waals surface area contributed by atoms with E-state index >= 15 is 0 Å². The summed E-state index contributed by atoms with van der Waals surface area (Å²) >= 11 is 6.02. The van der Waals surface area contributed by atoms with Crippen LogP contribution in [0.5, 0.6) is 0 Å². The zero-order valence-electron chi connectivity index (χ0n) is 9.78. The summed E-state index contributed by atoms with van der Waals surface area (Å²) in [5.41, 5.74) is 0.965. The fourth-order valence-electron chi connectivity index (χ4n) is 1.76. The standard InChI is InChI=1S/C12H18ClN3/c1-9(16(2)10-3-4-10)7-15-12-5-6-14-8-11(12)13/h5-6,8-10H,3-4,7H2,1-2H3,(H,14,15). The molecular formula is C12H18ClN3. The highest BCUT2D eigenvalue weighted by atomic mass is 35.5. The number of anilines is 1. The van der Waals surface area contributed by atoms with Crippen LogP contribution in [0.2, 0.25) is 5.02 Å². The van der Waals surface area contributed by atoms with Gasteiger partial charge < -0.3 is 5.32 Å². The number of aromatic nitrogens is 1. The van der Waals surface area contributed by atoms with Crippen LogP contribution >= 0.6 is 11.6 Å². The first-order valence-electron chi connectivity index (χ1n) is 5.74. The Kier molecular flexibility index (Phi) is 3.66. The largest absolute Gasteiger partial charge is 0.382 e. The molecule has 4 heteroatoms. The van der Waals surface area contributed by atoms with E-state index in [-0.39, 0.29) is 0 Å². The molecule has 0 aromatic carbocycles. The third-order valence-corrected chi connectivity index (χ3v) is 3.48. The van der Waals surface area contributed by atoms with Crippen LogP contribution in [0.3, 0.4) is 0 Å². The maximum atomic E-state index is 6.02. The van der Waals surface area contributed by atoms with Gasteiger partial charge in [0.05, 0.1) is 10.7 Å². The van der Waals surface area contributed by atoms with Crippen LogP contribution in [-0.4, -0.2) is 35.6 Å². The molecule has 1 aromatic heterocycles. The van der Waals surface area contributed by atoms with Gasteiger partial charge in [-0.3, -0.25) is 9.88 Å². The van der Waals surface area contributed by atoms with Crippen molar-refractivity contribution in [2.75, 3.05) is 18.9 Å². The molecule has 16 heavy (non-hydrogen) atoms. The summed E-state index contributed by atoms with van der Waals surface area (Å²) in [6.07, 6.45) is 6.11. The second-order valence-corrected chi connectivity index (χ2v) is 4.89. The molecule has 0 amide bonds. The van der Waals surface area contributed by atoms with Gasteiger partial charge in [0.25, 0.3) is 0 Å². The molecule has 0 aliphatic heterocycles. The molecule has 3 nitrogen and oxygen atoms in total. The highest BCUT2D eigenvalue weighted by Gasteiger charge is 2.28. The van der Waals surface area contributed by atoms with Gasteiger partial charge in [-0.1, -0.05) is 11.6 Å². The van der Waals surface area contributed by atoms with Crippen LogP contribution in [0, 0.1) is 0 Å². The fraction of sp³-hybridized carbons (Fsp3) is 0.583. The quantitative estimate of drug-likeness (QED) is 0.856. The summed E-state index contributed by atoms with van der Waals surface area (Å²) in [5, 5.41) is 4.05. The first-order valence-corrected chi connectivity index (χ1v) is 6.11. The molecule has 0 radical (unpaired) electrons. The van der Waals surface area contributed by atoms with Gasteiger partial charge in [0.2, 0.25) is 0 Å². The molecule has 1 heterocycles. The molecular weight excluding hydrogens is 222 g/mol. The molecule has 1 unspecified atom stereocenters. The molecule has 1 fully saturated rings. The van der Waals surface area contributed by atoms with Gasteiger partial charge in [-0.15, -0.1) is 0 Å². The summed E-state index contributed by atoms with van der Waals surface area (Å²) in [6, 6.07) is 3.23. The van der Waals surface area contributed by atoms with Crippen LogP contribution in [0.15, 0.2) is 18.5 Å². The summed E-state index contributed by atoms with van der Waals surface area (Å²) in [4.78, 5) is 6.40. The zero-order chi connectivity index (χ0) is 11.5. The Morgan fingerprint density at radius 2 is 2.38 bits per heavy atom. The lowest BCUT2D eigenvalue weighted by atomic mass is 10.2. The first-order chi connectivity index (χ1) is 7.68. The van der Waals surface area contributed by atoms with Crippen molar-refractivity contribution < 1.29 is 0 Å². The van der Waals surface area contributed by atoms with Gasteiger partial charge in [0.15, 0.2) is 0 Å². The van der Waals surface area contributed by atoms with Crippen molar-refractivity contribution in [3.8, 4) is 0 Å². The lowest BCUT2D eigenvalue weighted by Crippen LogP contribution is -2.36. The maximum absolute atomic E-state index is 6.02. The Hall–Kier alpha value is -0.800. The molecule has 1 N–H and O–H groups in total. The van der Waals surface area contributed by atoms with Crippen molar-refractivity contribution in [3.63, 3.8) is 0 Å². The minimum absolute atomic E-state index is 0.525. The SMILES string of the molecule is CC(CNc1ccncc1Cl)N(C)C1CC1. The second-order valence-electron chi connectivity index (χ2n) is 4.48. The van der Waals surface area contributed by atoms with Crippen LogP contribution in [-0.2, 0) is 0 Å². The fourth-order valence-corrected chi connectivity index (χ4v) is 1.95. The molecule has 0 spiro atoms. The minimum Gasteiger partial charge on any atom is -0.382 e. The number of likely N-dealkylation sites (N-methyl/N-ethyl adjacent to an activating group) is 1. The molecule has 88 valence electrons. The van der Waals surface area contributed by atoms with Gasteiger partial charge in [0, 0.05) is 31.0 Å². The Morgan fingerprint density at radius 3 is 3.00 bits per heavy atom. The van der Waals surface area contributed by atoms with Crippen molar-refractivity contribution in [2.24, 2.45) is 0 Å². The molecule has 0 saturated heterocycles. The van der Waals surface area contributed by atoms with Gasteiger partial charge in [-0.2, -0.15) is 0 Å². The van der Waals surface area contributed by atoms with E-state index in [2.05, 4.69) is 29.2 Å². The molecule has 2 rings (SSSR count). The van der Waals surface area contributed by atoms with E-state index in [0.29, 0.717) is 11.1 Å². The highest BCUT2D eigenvalue weighted by molar-refractivity contribution is 6.33. The molecule has 1 aromatic rings. The van der Waals surface area contributed by atoms with Crippen molar-refractivity contribution >= 4 is 17.3 Å². The van der Waals surface area contributed by atoms with E-state index in [1.807, 2.05) is 6.07 Å². The number of nitrogens with one attached hydrogen (secondary N) is 1. The summed E-state index contributed by atoms with van der Waals surface area (Å²) in [7, 11) is 2.19. The van der Waals surface area contributed by atoms with Crippen LogP contribution in [0.1, 0.15) is 19.8 Å². The van der Waals surface area contributed by atoms with Crippen LogP contribution in [0.4, 0.5) is 5.69 Å². The molecule has 1 saturated carbocycles. The third-order valence-electron chi connectivity index (χ3n) is 3.18. The van der Waals surface area contributed by atoms with Crippen molar-refractivity contribution in [1.29, 1.82) is 0 Å². The number of rotatable bonds is 5. The Labute approximate surface area is 102 Å². The average molecular weight is 240 g/mol. The minimum atomic E-state index is 0.525. The topological polar surface area (TPSA) is 28.2 Å². The number of halogens is 1. The Morgan fingerprint density at radius 1 is 1.62 bits per heavy atom. The van der Waals surface area contributed by atoms with Crippen LogP contribution in [0.25, 0.3) is 0 Å². The summed E-state index contributed by atoms with van der Waals surface area (Å²) in [5.74, 6) is 0. The molecule has 1 atom stereocenters. The molecule has 1 aliphatic carbocycles. The number of hydrogen-bond acceptors (Lipinski definition) is 3. The lowest BCUT2D eigenvalue weighted by Gasteiger charge is -2.25. The number of nitrogens with zero attached hydrogens (tertiary/aromatic N) is 2. The van der Waals surface area contributed by atoms with E-state index in [0.717, 1.165) is 18.3 Å². The summed E-state index contributed by atoms with van der Waals surface area (Å²) in [6.45, 7) is 3.15.